The molecule has 0 aromatic heterocycles. The molecule has 1 aliphatic carbocycles. The Morgan fingerprint density at radius 2 is 1.44 bits per heavy atom. The number of nitrogens with one attached hydrogen (secondary N) is 1. The Bertz CT molecular complexity index is 952. The molecule has 1 N–H and O–H groups in total. The number of esters is 2. The van der Waals surface area contributed by atoms with E-state index >= 15 is 0 Å². The molecule has 0 unspecified atom stereocenters. The minimum Gasteiger partial charge on any atom is -0.468 e. The molecule has 0 aliphatic heterocycles. The molecule has 1 aliphatic rings. The zero-order valence-electron chi connectivity index (χ0n) is 18.7. The van der Waals surface area contributed by atoms with Crippen molar-refractivity contribution in [3.8, 4) is 11.1 Å². The number of carbonyl (C=O) groups excluding carboxylic acids is 3. The molecule has 1 amide bonds. The van der Waals surface area contributed by atoms with Crippen molar-refractivity contribution in [2.75, 3.05) is 26.8 Å². The van der Waals surface area contributed by atoms with E-state index in [4.69, 9.17) is 9.47 Å². The maximum atomic E-state index is 12.5. The average Bonchev–Trinajstić information content (AvgIpc) is 3.04. The average molecular weight is 440 g/mol. The summed E-state index contributed by atoms with van der Waals surface area (Å²) in [6.07, 6.45) is -0.778. The van der Waals surface area contributed by atoms with Gasteiger partial charge >= 0.3 is 18.0 Å². The number of methoxy groups -OCH3 is 1. The Balaban J connectivity index is 1.65. The molecule has 0 saturated heterocycles. The molecule has 0 heterocycles. The maximum absolute atomic E-state index is 12.5. The van der Waals surface area contributed by atoms with E-state index < -0.39 is 23.6 Å². The van der Waals surface area contributed by atoms with Crippen molar-refractivity contribution in [1.29, 1.82) is 0 Å². The Labute approximate surface area is 187 Å². The third kappa shape index (κ3) is 5.85. The van der Waals surface area contributed by atoms with Gasteiger partial charge in [-0.1, -0.05) is 48.5 Å². The zero-order chi connectivity index (χ0) is 23.3. The number of hydrogen-bond acceptors (Lipinski definition) is 7. The number of ether oxygens (including phenoxy) is 3. The van der Waals surface area contributed by atoms with Gasteiger partial charge in [0.15, 0.2) is 0 Å². The minimum atomic E-state index is -0.778. The number of benzene rings is 2. The molecule has 170 valence electrons. The van der Waals surface area contributed by atoms with Crippen LogP contribution in [0.4, 0.5) is 4.79 Å². The quantitative estimate of drug-likeness (QED) is 0.401. The first-order chi connectivity index (χ1) is 15.2. The molecule has 0 saturated carbocycles. The standard InChI is InChI=1S/C24H28N2O6/c1-24(2,3)32-22(28)14-26(13-21(27)30-4)25-23(29)31-15-20-18-11-7-5-9-16(18)17-10-6-8-12-19(17)20/h5-12,20H,13-15H2,1-4H3,(H,25,29). The summed E-state index contributed by atoms with van der Waals surface area (Å²) in [7, 11) is 1.22. The molecule has 0 atom stereocenters. The van der Waals surface area contributed by atoms with Crippen molar-refractivity contribution in [3.63, 3.8) is 0 Å². The minimum absolute atomic E-state index is 0.104. The topological polar surface area (TPSA) is 94.2 Å². The summed E-state index contributed by atoms with van der Waals surface area (Å²) in [6.45, 7) is 4.63. The molecule has 32 heavy (non-hydrogen) atoms. The van der Waals surface area contributed by atoms with Crippen LogP contribution in [0.3, 0.4) is 0 Å². The first-order valence-corrected chi connectivity index (χ1v) is 10.3. The van der Waals surface area contributed by atoms with Crippen molar-refractivity contribution in [3.05, 3.63) is 59.7 Å². The van der Waals surface area contributed by atoms with Crippen molar-refractivity contribution in [2.24, 2.45) is 0 Å². The first-order valence-electron chi connectivity index (χ1n) is 10.3. The van der Waals surface area contributed by atoms with Crippen LogP contribution in [-0.2, 0) is 23.8 Å². The largest absolute Gasteiger partial charge is 0.468 e. The molecule has 3 rings (SSSR count). The van der Waals surface area contributed by atoms with Crippen molar-refractivity contribution in [1.82, 2.24) is 10.4 Å². The molecular weight excluding hydrogens is 412 g/mol. The first kappa shape index (κ1) is 23.3. The van der Waals surface area contributed by atoms with E-state index in [1.165, 1.54) is 7.11 Å². The predicted octanol–water partition coefficient (Wildman–Crippen LogP) is 3.26. The van der Waals surface area contributed by atoms with E-state index in [9.17, 15) is 14.4 Å². The normalized spacial score (nSPS) is 12.7. The molecule has 0 fully saturated rings. The second-order valence-electron chi connectivity index (χ2n) is 8.46. The monoisotopic (exact) mass is 440 g/mol. The van der Waals surface area contributed by atoms with Gasteiger partial charge in [-0.3, -0.25) is 15.0 Å². The van der Waals surface area contributed by atoms with Gasteiger partial charge in [0.25, 0.3) is 0 Å². The van der Waals surface area contributed by atoms with Gasteiger partial charge in [-0.15, -0.1) is 0 Å². The van der Waals surface area contributed by atoms with Gasteiger partial charge < -0.3 is 14.2 Å². The zero-order valence-corrected chi connectivity index (χ0v) is 18.7. The van der Waals surface area contributed by atoms with Crippen molar-refractivity contribution < 1.29 is 28.6 Å². The number of rotatable bonds is 7. The van der Waals surface area contributed by atoms with Crippen LogP contribution < -0.4 is 5.43 Å². The van der Waals surface area contributed by atoms with Crippen LogP contribution in [0.5, 0.6) is 0 Å². The number of nitrogens with zero attached hydrogens (tertiary/aromatic N) is 1. The Morgan fingerprint density at radius 3 is 1.97 bits per heavy atom. The van der Waals surface area contributed by atoms with Gasteiger partial charge in [0.1, 0.15) is 25.3 Å². The van der Waals surface area contributed by atoms with Crippen LogP contribution in [0, 0.1) is 0 Å². The summed E-state index contributed by atoms with van der Waals surface area (Å²) in [4.78, 5) is 36.3. The van der Waals surface area contributed by atoms with E-state index in [0.717, 1.165) is 27.3 Å². The summed E-state index contributed by atoms with van der Waals surface area (Å²) in [5.41, 5.74) is 6.15. The molecule has 0 spiro atoms. The highest BCUT2D eigenvalue weighted by atomic mass is 16.6. The summed E-state index contributed by atoms with van der Waals surface area (Å²) >= 11 is 0. The van der Waals surface area contributed by atoms with Gasteiger partial charge in [-0.25, -0.2) is 4.79 Å². The molecule has 2 aromatic carbocycles. The van der Waals surface area contributed by atoms with Crippen LogP contribution in [0.25, 0.3) is 11.1 Å². The van der Waals surface area contributed by atoms with E-state index in [-0.39, 0.29) is 25.6 Å². The molecule has 2 aromatic rings. The number of fused-ring (bicyclic) bond motifs is 3. The van der Waals surface area contributed by atoms with Crippen molar-refractivity contribution >= 4 is 18.0 Å². The van der Waals surface area contributed by atoms with Gasteiger partial charge in [0, 0.05) is 5.92 Å². The lowest BCUT2D eigenvalue weighted by Crippen LogP contribution is -2.49. The Hall–Kier alpha value is -3.39. The lowest BCUT2D eigenvalue weighted by Gasteiger charge is -2.24. The van der Waals surface area contributed by atoms with E-state index in [0.29, 0.717) is 0 Å². The molecule has 8 nitrogen and oxygen atoms in total. The highest BCUT2D eigenvalue weighted by Crippen LogP contribution is 2.44. The smallest absolute Gasteiger partial charge is 0.421 e. The summed E-state index contributed by atoms with van der Waals surface area (Å²) in [5, 5.41) is 1.11. The maximum Gasteiger partial charge on any atom is 0.421 e. The van der Waals surface area contributed by atoms with Crippen LogP contribution in [0.1, 0.15) is 37.8 Å². The molecule has 8 heteroatoms. The number of amides is 1. The highest BCUT2D eigenvalue weighted by molar-refractivity contribution is 5.79. The summed E-state index contributed by atoms with van der Waals surface area (Å²) < 4.78 is 15.4. The second-order valence-corrected chi connectivity index (χ2v) is 8.46. The fraction of sp³-hybridized carbons (Fsp3) is 0.375. The van der Waals surface area contributed by atoms with E-state index in [1.54, 1.807) is 20.8 Å². The Morgan fingerprint density at radius 1 is 0.906 bits per heavy atom. The third-order valence-corrected chi connectivity index (χ3v) is 4.88. The predicted molar refractivity (Wildman–Crippen MR) is 118 cm³/mol. The van der Waals surface area contributed by atoms with E-state index in [2.05, 4.69) is 10.2 Å². The fourth-order valence-corrected chi connectivity index (χ4v) is 3.64. The van der Waals surface area contributed by atoms with Crippen LogP contribution in [0.15, 0.2) is 48.5 Å². The van der Waals surface area contributed by atoms with E-state index in [1.807, 2.05) is 48.5 Å². The van der Waals surface area contributed by atoms with Gasteiger partial charge in [0.2, 0.25) is 0 Å². The molecule has 0 bridgehead atoms. The van der Waals surface area contributed by atoms with Gasteiger partial charge in [0.05, 0.1) is 7.11 Å². The second kappa shape index (κ2) is 9.82. The Kier molecular flexibility index (Phi) is 7.15. The van der Waals surface area contributed by atoms with Crippen LogP contribution in [0.2, 0.25) is 0 Å². The van der Waals surface area contributed by atoms with Gasteiger partial charge in [-0.2, -0.15) is 5.01 Å². The van der Waals surface area contributed by atoms with Gasteiger partial charge in [-0.05, 0) is 43.0 Å². The van der Waals surface area contributed by atoms with Crippen molar-refractivity contribution in [2.45, 2.75) is 32.3 Å². The summed E-state index contributed by atoms with van der Waals surface area (Å²) in [6, 6.07) is 16.0. The number of hydrogen-bond donors (Lipinski definition) is 1. The fourth-order valence-electron chi connectivity index (χ4n) is 3.64. The summed E-state index contributed by atoms with van der Waals surface area (Å²) in [5.74, 6) is -1.32. The van der Waals surface area contributed by atoms with Crippen LogP contribution >= 0.6 is 0 Å². The van der Waals surface area contributed by atoms with Crippen LogP contribution in [-0.4, -0.2) is 55.4 Å². The third-order valence-electron chi connectivity index (χ3n) is 4.88. The lowest BCUT2D eigenvalue weighted by atomic mass is 9.98. The molecular formula is C24H28N2O6. The SMILES string of the molecule is COC(=O)CN(CC(=O)OC(C)(C)C)NC(=O)OCC1c2ccccc2-c2ccccc21. The highest BCUT2D eigenvalue weighted by Gasteiger charge is 2.29. The molecule has 0 radical (unpaired) electrons. The number of hydrazine groups is 1. The number of carbonyl (C=O) groups is 3. The lowest BCUT2D eigenvalue weighted by molar-refractivity contribution is -0.157.